The third kappa shape index (κ3) is 4.81. The lowest BCUT2D eigenvalue weighted by Gasteiger charge is -2.26. The van der Waals surface area contributed by atoms with Crippen molar-refractivity contribution in [1.29, 1.82) is 0 Å². The van der Waals surface area contributed by atoms with Crippen molar-refractivity contribution in [3.05, 3.63) is 118 Å². The second-order valence-electron chi connectivity index (χ2n) is 7.72. The molecular weight excluding hydrogens is 448 g/mol. The zero-order valence-electron chi connectivity index (χ0n) is 18.8. The highest BCUT2D eigenvalue weighted by atomic mass is 16.6. The van der Waals surface area contributed by atoms with Crippen molar-refractivity contribution in [3.8, 4) is 5.75 Å². The van der Waals surface area contributed by atoms with Crippen LogP contribution in [0.5, 0.6) is 5.75 Å². The summed E-state index contributed by atoms with van der Waals surface area (Å²) in [6.07, 6.45) is 2.90. The molecule has 0 saturated carbocycles. The molecule has 8 heteroatoms. The first-order valence-electron chi connectivity index (χ1n) is 10.9. The van der Waals surface area contributed by atoms with Gasteiger partial charge in [-0.1, -0.05) is 36.4 Å². The molecule has 4 rings (SSSR count). The number of nitro benzene ring substituents is 1. The van der Waals surface area contributed by atoms with E-state index in [0.29, 0.717) is 23.6 Å². The number of ether oxygens (including phenoxy) is 1. The van der Waals surface area contributed by atoms with Gasteiger partial charge >= 0.3 is 0 Å². The van der Waals surface area contributed by atoms with Gasteiger partial charge in [0.1, 0.15) is 5.75 Å². The van der Waals surface area contributed by atoms with E-state index >= 15 is 0 Å². The van der Waals surface area contributed by atoms with Crippen LogP contribution in [0.1, 0.15) is 24.1 Å². The summed E-state index contributed by atoms with van der Waals surface area (Å²) in [5, 5.41) is 21.9. The van der Waals surface area contributed by atoms with Gasteiger partial charge in [-0.2, -0.15) is 0 Å². The van der Waals surface area contributed by atoms with Crippen LogP contribution in [-0.4, -0.2) is 28.3 Å². The Hall–Kier alpha value is -4.72. The number of amides is 1. The van der Waals surface area contributed by atoms with Gasteiger partial charge in [-0.25, -0.2) is 0 Å². The zero-order chi connectivity index (χ0) is 24.9. The number of nitro groups is 1. The summed E-state index contributed by atoms with van der Waals surface area (Å²) in [4.78, 5) is 38.3. The summed E-state index contributed by atoms with van der Waals surface area (Å²) < 4.78 is 5.46. The van der Waals surface area contributed by atoms with Crippen LogP contribution in [-0.2, 0) is 9.59 Å². The standard InChI is InChI=1S/C27H22N2O6/c1-2-35-22-15-13-20(14-16-22)28-25(19-9-11-21(12-10-19)29(33)34)24(26(31)27(28)32)23(30)17-8-18-6-4-3-5-7-18/h3-17,25,31H,2H2,1H3/b17-8+/t25-/m0/s1. The van der Waals surface area contributed by atoms with E-state index in [1.54, 1.807) is 30.3 Å². The molecule has 1 atom stereocenters. The molecule has 3 aromatic carbocycles. The van der Waals surface area contributed by atoms with Crippen molar-refractivity contribution in [2.75, 3.05) is 11.5 Å². The minimum atomic E-state index is -0.978. The van der Waals surface area contributed by atoms with E-state index in [1.165, 1.54) is 35.2 Å². The molecule has 35 heavy (non-hydrogen) atoms. The van der Waals surface area contributed by atoms with E-state index in [9.17, 15) is 24.8 Å². The van der Waals surface area contributed by atoms with Gasteiger partial charge in [0, 0.05) is 17.8 Å². The Morgan fingerprint density at radius 1 is 1.06 bits per heavy atom. The van der Waals surface area contributed by atoms with E-state index in [2.05, 4.69) is 0 Å². The molecule has 0 unspecified atom stereocenters. The van der Waals surface area contributed by atoms with E-state index in [-0.39, 0.29) is 11.3 Å². The number of nitrogens with zero attached hydrogens (tertiary/aromatic N) is 2. The first-order chi connectivity index (χ1) is 16.9. The fraction of sp³-hybridized carbons (Fsp3) is 0.111. The fourth-order valence-corrected chi connectivity index (χ4v) is 3.91. The Morgan fingerprint density at radius 3 is 2.31 bits per heavy atom. The number of anilines is 1. The highest BCUT2D eigenvalue weighted by Gasteiger charge is 2.43. The van der Waals surface area contributed by atoms with Gasteiger partial charge in [0.2, 0.25) is 0 Å². The summed E-state index contributed by atoms with van der Waals surface area (Å²) in [5.41, 5.74) is 1.42. The molecule has 3 aromatic rings. The van der Waals surface area contributed by atoms with Crippen molar-refractivity contribution in [3.63, 3.8) is 0 Å². The van der Waals surface area contributed by atoms with Crippen LogP contribution < -0.4 is 9.64 Å². The van der Waals surface area contributed by atoms with Gasteiger partial charge in [0.15, 0.2) is 11.5 Å². The molecule has 8 nitrogen and oxygen atoms in total. The molecule has 0 spiro atoms. The molecular formula is C27H22N2O6. The minimum Gasteiger partial charge on any atom is -0.503 e. The van der Waals surface area contributed by atoms with E-state index < -0.39 is 28.4 Å². The number of aliphatic hydroxyl groups is 1. The second-order valence-corrected chi connectivity index (χ2v) is 7.72. The predicted molar refractivity (Wildman–Crippen MR) is 131 cm³/mol. The van der Waals surface area contributed by atoms with Crippen molar-refractivity contribution in [2.24, 2.45) is 0 Å². The lowest BCUT2D eigenvalue weighted by molar-refractivity contribution is -0.384. The third-order valence-electron chi connectivity index (χ3n) is 5.55. The largest absolute Gasteiger partial charge is 0.503 e. The first-order valence-corrected chi connectivity index (χ1v) is 10.9. The first kappa shape index (κ1) is 23.4. The Kier molecular flexibility index (Phi) is 6.73. The van der Waals surface area contributed by atoms with Crippen LogP contribution in [0.2, 0.25) is 0 Å². The Balaban J connectivity index is 1.77. The minimum absolute atomic E-state index is 0.107. The fourth-order valence-electron chi connectivity index (χ4n) is 3.91. The Labute approximate surface area is 201 Å². The molecule has 1 amide bonds. The lowest BCUT2D eigenvalue weighted by atomic mass is 9.95. The van der Waals surface area contributed by atoms with Crippen LogP contribution in [0.25, 0.3) is 6.08 Å². The highest BCUT2D eigenvalue weighted by molar-refractivity contribution is 6.19. The average Bonchev–Trinajstić information content (AvgIpc) is 3.14. The SMILES string of the molecule is CCOc1ccc(N2C(=O)C(O)=C(C(=O)/C=C/c3ccccc3)[C@@H]2c2ccc([N+](=O)[O-])cc2)cc1. The number of non-ortho nitro benzene ring substituents is 1. The molecule has 0 saturated heterocycles. The number of ketones is 1. The van der Waals surface area contributed by atoms with Crippen molar-refractivity contribution < 1.29 is 24.4 Å². The molecule has 0 bridgehead atoms. The number of allylic oxidation sites excluding steroid dienone is 1. The topological polar surface area (TPSA) is 110 Å². The van der Waals surface area contributed by atoms with Crippen LogP contribution >= 0.6 is 0 Å². The molecule has 1 heterocycles. The van der Waals surface area contributed by atoms with Gasteiger partial charge < -0.3 is 9.84 Å². The summed E-state index contributed by atoms with van der Waals surface area (Å²) in [5.74, 6) is -1.34. The maximum absolute atomic E-state index is 13.2. The number of rotatable bonds is 8. The van der Waals surface area contributed by atoms with Crippen LogP contribution in [0.4, 0.5) is 11.4 Å². The van der Waals surface area contributed by atoms with Crippen LogP contribution in [0.15, 0.2) is 96.3 Å². The third-order valence-corrected chi connectivity index (χ3v) is 5.55. The van der Waals surface area contributed by atoms with Gasteiger partial charge in [0.05, 0.1) is 23.1 Å². The van der Waals surface area contributed by atoms with E-state index in [1.807, 2.05) is 37.3 Å². The molecule has 176 valence electrons. The zero-order valence-corrected chi connectivity index (χ0v) is 18.8. The van der Waals surface area contributed by atoms with Crippen molar-refractivity contribution in [1.82, 2.24) is 0 Å². The number of hydrogen-bond donors (Lipinski definition) is 1. The average molecular weight is 470 g/mol. The number of benzene rings is 3. The molecule has 0 fully saturated rings. The Morgan fingerprint density at radius 2 is 1.71 bits per heavy atom. The van der Waals surface area contributed by atoms with Gasteiger partial charge in [-0.3, -0.25) is 24.6 Å². The van der Waals surface area contributed by atoms with E-state index in [4.69, 9.17) is 4.74 Å². The van der Waals surface area contributed by atoms with Gasteiger partial charge in [-0.15, -0.1) is 0 Å². The molecule has 0 aromatic heterocycles. The summed E-state index contributed by atoms with van der Waals surface area (Å²) in [6.45, 7) is 2.33. The highest BCUT2D eigenvalue weighted by Crippen LogP contribution is 2.41. The smallest absolute Gasteiger partial charge is 0.294 e. The molecule has 1 aliphatic heterocycles. The number of aliphatic hydroxyl groups excluding tert-OH is 1. The monoisotopic (exact) mass is 470 g/mol. The second kappa shape index (κ2) is 10.0. The number of hydrogen-bond acceptors (Lipinski definition) is 6. The summed E-state index contributed by atoms with van der Waals surface area (Å²) >= 11 is 0. The van der Waals surface area contributed by atoms with Crippen LogP contribution in [0.3, 0.4) is 0 Å². The quantitative estimate of drug-likeness (QED) is 0.276. The maximum Gasteiger partial charge on any atom is 0.294 e. The summed E-state index contributed by atoms with van der Waals surface area (Å²) in [6, 6.07) is 20.4. The number of carbonyl (C=O) groups excluding carboxylic acids is 2. The maximum atomic E-state index is 13.2. The summed E-state index contributed by atoms with van der Waals surface area (Å²) in [7, 11) is 0. The molecule has 0 aliphatic carbocycles. The Bertz CT molecular complexity index is 1310. The lowest BCUT2D eigenvalue weighted by Crippen LogP contribution is -2.30. The van der Waals surface area contributed by atoms with Gasteiger partial charge in [0.25, 0.3) is 11.6 Å². The van der Waals surface area contributed by atoms with E-state index in [0.717, 1.165) is 5.56 Å². The van der Waals surface area contributed by atoms with Crippen molar-refractivity contribution in [2.45, 2.75) is 13.0 Å². The van der Waals surface area contributed by atoms with Crippen LogP contribution in [0, 0.1) is 10.1 Å². The molecule has 1 N–H and O–H groups in total. The predicted octanol–water partition coefficient (Wildman–Crippen LogP) is 5.18. The molecule has 1 aliphatic rings. The van der Waals surface area contributed by atoms with Crippen molar-refractivity contribution >= 4 is 29.1 Å². The van der Waals surface area contributed by atoms with Gasteiger partial charge in [-0.05, 0) is 60.5 Å². The normalized spacial score (nSPS) is 15.6. The number of carbonyl (C=O) groups is 2. The molecule has 0 radical (unpaired) electrons.